The number of nitrogens with two attached hydrogens (primary N) is 1. The topological polar surface area (TPSA) is 26.0 Å². The summed E-state index contributed by atoms with van der Waals surface area (Å²) in [5.41, 5.74) is 6.46. The van der Waals surface area contributed by atoms with Gasteiger partial charge in [0, 0.05) is 5.54 Å². The van der Waals surface area contributed by atoms with Crippen LogP contribution in [-0.4, -0.2) is 5.54 Å². The van der Waals surface area contributed by atoms with Gasteiger partial charge in [-0.3, -0.25) is 0 Å². The van der Waals surface area contributed by atoms with E-state index in [1.807, 2.05) is 0 Å². The van der Waals surface area contributed by atoms with Crippen molar-refractivity contribution in [2.45, 2.75) is 59.4 Å². The average molecular weight is 171 g/mol. The first-order valence-corrected chi connectivity index (χ1v) is 5.31. The standard InChI is InChI=1S/C11H25N/c1-6-9(4)11(12,8-3)10(5)7-2/h9-10H,6-8,12H2,1-5H3. The maximum atomic E-state index is 6.41. The second-order valence-corrected chi connectivity index (χ2v) is 4.08. The van der Waals surface area contributed by atoms with Gasteiger partial charge in [-0.2, -0.15) is 0 Å². The second kappa shape index (κ2) is 4.86. The molecule has 0 rings (SSSR count). The Hall–Kier alpha value is -0.0400. The molecule has 2 atom stereocenters. The molecule has 1 heteroatoms. The zero-order valence-corrected chi connectivity index (χ0v) is 9.35. The predicted molar refractivity (Wildman–Crippen MR) is 56.1 cm³/mol. The third-order valence-electron chi connectivity index (χ3n) is 3.67. The van der Waals surface area contributed by atoms with Crippen LogP contribution in [0.1, 0.15) is 53.9 Å². The molecule has 0 aliphatic rings. The molecular formula is C11H25N. The lowest BCUT2D eigenvalue weighted by molar-refractivity contribution is 0.180. The van der Waals surface area contributed by atoms with Crippen molar-refractivity contribution in [1.82, 2.24) is 0 Å². The van der Waals surface area contributed by atoms with Crippen LogP contribution in [0.4, 0.5) is 0 Å². The van der Waals surface area contributed by atoms with Crippen molar-refractivity contribution in [2.24, 2.45) is 17.6 Å². The Morgan fingerprint density at radius 1 is 1.00 bits per heavy atom. The van der Waals surface area contributed by atoms with Gasteiger partial charge in [-0.05, 0) is 18.3 Å². The number of rotatable bonds is 5. The van der Waals surface area contributed by atoms with Gasteiger partial charge in [0.25, 0.3) is 0 Å². The van der Waals surface area contributed by atoms with Crippen molar-refractivity contribution in [3.05, 3.63) is 0 Å². The monoisotopic (exact) mass is 171 g/mol. The van der Waals surface area contributed by atoms with Gasteiger partial charge in [0.15, 0.2) is 0 Å². The van der Waals surface area contributed by atoms with E-state index in [0.717, 1.165) is 6.42 Å². The van der Waals surface area contributed by atoms with Crippen molar-refractivity contribution >= 4 is 0 Å². The fraction of sp³-hybridized carbons (Fsp3) is 1.00. The lowest BCUT2D eigenvalue weighted by Crippen LogP contribution is -2.50. The molecule has 0 aromatic rings. The van der Waals surface area contributed by atoms with Gasteiger partial charge in [0.05, 0.1) is 0 Å². The van der Waals surface area contributed by atoms with Crippen LogP contribution in [0.25, 0.3) is 0 Å². The summed E-state index contributed by atoms with van der Waals surface area (Å²) in [5, 5.41) is 0. The van der Waals surface area contributed by atoms with Gasteiger partial charge in [-0.1, -0.05) is 47.5 Å². The Bertz CT molecular complexity index is 110. The van der Waals surface area contributed by atoms with Crippen molar-refractivity contribution < 1.29 is 0 Å². The average Bonchev–Trinajstić information content (AvgIpc) is 2.13. The first-order chi connectivity index (χ1) is 5.52. The minimum absolute atomic E-state index is 0.0590. The largest absolute Gasteiger partial charge is 0.325 e. The summed E-state index contributed by atoms with van der Waals surface area (Å²) in [4.78, 5) is 0. The molecule has 74 valence electrons. The Balaban J connectivity index is 4.42. The van der Waals surface area contributed by atoms with E-state index in [9.17, 15) is 0 Å². The van der Waals surface area contributed by atoms with Crippen LogP contribution in [0.3, 0.4) is 0 Å². The van der Waals surface area contributed by atoms with E-state index in [4.69, 9.17) is 5.73 Å². The molecule has 0 bridgehead atoms. The fourth-order valence-electron chi connectivity index (χ4n) is 1.94. The molecule has 2 unspecified atom stereocenters. The highest BCUT2D eigenvalue weighted by Gasteiger charge is 2.33. The number of hydrogen-bond donors (Lipinski definition) is 1. The zero-order valence-electron chi connectivity index (χ0n) is 9.35. The van der Waals surface area contributed by atoms with Crippen LogP contribution in [0.2, 0.25) is 0 Å². The van der Waals surface area contributed by atoms with Crippen molar-refractivity contribution in [1.29, 1.82) is 0 Å². The van der Waals surface area contributed by atoms with E-state index in [0.29, 0.717) is 11.8 Å². The lowest BCUT2D eigenvalue weighted by Gasteiger charge is -2.39. The minimum Gasteiger partial charge on any atom is -0.325 e. The fourth-order valence-corrected chi connectivity index (χ4v) is 1.94. The number of hydrogen-bond acceptors (Lipinski definition) is 1. The van der Waals surface area contributed by atoms with Crippen LogP contribution in [0.5, 0.6) is 0 Å². The Labute approximate surface area is 77.7 Å². The van der Waals surface area contributed by atoms with Gasteiger partial charge in [0.1, 0.15) is 0 Å². The molecule has 2 N–H and O–H groups in total. The Kier molecular flexibility index (Phi) is 4.84. The van der Waals surface area contributed by atoms with E-state index in [1.165, 1.54) is 12.8 Å². The molecule has 12 heavy (non-hydrogen) atoms. The third kappa shape index (κ3) is 2.22. The summed E-state index contributed by atoms with van der Waals surface area (Å²) in [5.74, 6) is 1.27. The van der Waals surface area contributed by atoms with Gasteiger partial charge in [0.2, 0.25) is 0 Å². The quantitative estimate of drug-likeness (QED) is 0.675. The van der Waals surface area contributed by atoms with Crippen molar-refractivity contribution in [2.75, 3.05) is 0 Å². The van der Waals surface area contributed by atoms with E-state index < -0.39 is 0 Å². The normalized spacial score (nSPS) is 21.5. The third-order valence-corrected chi connectivity index (χ3v) is 3.67. The van der Waals surface area contributed by atoms with E-state index in [-0.39, 0.29) is 5.54 Å². The molecule has 1 nitrogen and oxygen atoms in total. The zero-order chi connectivity index (χ0) is 9.78. The van der Waals surface area contributed by atoms with Crippen LogP contribution in [0.15, 0.2) is 0 Å². The van der Waals surface area contributed by atoms with Gasteiger partial charge >= 0.3 is 0 Å². The summed E-state index contributed by atoms with van der Waals surface area (Å²) < 4.78 is 0. The summed E-state index contributed by atoms with van der Waals surface area (Å²) in [6, 6.07) is 0. The van der Waals surface area contributed by atoms with Gasteiger partial charge in [-0.25, -0.2) is 0 Å². The molecule has 0 radical (unpaired) electrons. The summed E-state index contributed by atoms with van der Waals surface area (Å²) >= 11 is 0. The summed E-state index contributed by atoms with van der Waals surface area (Å²) in [7, 11) is 0. The minimum atomic E-state index is 0.0590. The van der Waals surface area contributed by atoms with Crippen LogP contribution < -0.4 is 5.73 Å². The first kappa shape index (κ1) is 12.0. The molecule has 0 heterocycles. The van der Waals surface area contributed by atoms with Gasteiger partial charge in [-0.15, -0.1) is 0 Å². The van der Waals surface area contributed by atoms with Crippen molar-refractivity contribution in [3.63, 3.8) is 0 Å². The highest BCUT2D eigenvalue weighted by Crippen LogP contribution is 2.30. The molecule has 0 saturated heterocycles. The first-order valence-electron chi connectivity index (χ1n) is 5.31. The molecule has 0 fully saturated rings. The molecule has 0 aliphatic carbocycles. The molecule has 0 aliphatic heterocycles. The van der Waals surface area contributed by atoms with Crippen LogP contribution >= 0.6 is 0 Å². The Morgan fingerprint density at radius 3 is 1.50 bits per heavy atom. The second-order valence-electron chi connectivity index (χ2n) is 4.08. The molecule has 0 aromatic carbocycles. The maximum Gasteiger partial charge on any atom is 0.0203 e. The highest BCUT2D eigenvalue weighted by atomic mass is 14.8. The molecule has 0 saturated carbocycles. The SMILES string of the molecule is CCC(C)C(N)(CC)C(C)CC. The van der Waals surface area contributed by atoms with E-state index >= 15 is 0 Å². The van der Waals surface area contributed by atoms with Crippen LogP contribution in [0, 0.1) is 11.8 Å². The predicted octanol–water partition coefficient (Wildman–Crippen LogP) is 3.19. The lowest BCUT2D eigenvalue weighted by atomic mass is 9.72. The van der Waals surface area contributed by atoms with E-state index in [2.05, 4.69) is 34.6 Å². The summed E-state index contributed by atoms with van der Waals surface area (Å²) in [6.07, 6.45) is 3.47. The molecule has 0 spiro atoms. The molecular weight excluding hydrogens is 146 g/mol. The van der Waals surface area contributed by atoms with Gasteiger partial charge < -0.3 is 5.73 Å². The molecule has 0 aromatic heterocycles. The van der Waals surface area contributed by atoms with E-state index in [1.54, 1.807) is 0 Å². The highest BCUT2D eigenvalue weighted by molar-refractivity contribution is 4.91. The maximum absolute atomic E-state index is 6.41. The van der Waals surface area contributed by atoms with Crippen molar-refractivity contribution in [3.8, 4) is 0 Å². The van der Waals surface area contributed by atoms with Crippen LogP contribution in [-0.2, 0) is 0 Å². The Morgan fingerprint density at radius 2 is 1.33 bits per heavy atom. The smallest absolute Gasteiger partial charge is 0.0203 e. The summed E-state index contributed by atoms with van der Waals surface area (Å²) in [6.45, 7) is 11.2. The molecule has 0 amide bonds.